The van der Waals surface area contributed by atoms with Crippen LogP contribution in [0.4, 0.5) is 0 Å². The molecule has 0 spiro atoms. The summed E-state index contributed by atoms with van der Waals surface area (Å²) in [7, 11) is 0. The molecule has 2 aliphatic heterocycles. The first-order chi connectivity index (χ1) is 34.7. The SMILES string of the molecule is c1ccc(-c2ccc3c(c2)c2cc(-c4ccccc4)cc4c2n3-c2ccc(-n3c5ccccc5c5ccccc53)c3c2C4c2cc(-c4ccccc4)cc4c5cc(-c6ccccc6)ccc5n-3c24)cc1. The van der Waals surface area contributed by atoms with Crippen molar-refractivity contribution in [3.05, 3.63) is 259 Å². The molecule has 0 saturated heterocycles. The topological polar surface area (TPSA) is 14.8 Å². The van der Waals surface area contributed by atoms with Crippen molar-refractivity contribution in [2.75, 3.05) is 0 Å². The largest absolute Gasteiger partial charge is 0.309 e. The zero-order valence-electron chi connectivity index (χ0n) is 38.0. The van der Waals surface area contributed by atoms with E-state index in [1.54, 1.807) is 0 Å². The first-order valence-corrected chi connectivity index (χ1v) is 24.4. The van der Waals surface area contributed by atoms with Crippen LogP contribution in [-0.4, -0.2) is 13.7 Å². The minimum atomic E-state index is -0.0915. The van der Waals surface area contributed by atoms with Crippen molar-refractivity contribution in [3.63, 3.8) is 0 Å². The van der Waals surface area contributed by atoms with Crippen LogP contribution >= 0.6 is 0 Å². The summed E-state index contributed by atoms with van der Waals surface area (Å²) in [6, 6.07) is 90.7. The van der Waals surface area contributed by atoms with Gasteiger partial charge in [0.15, 0.2) is 0 Å². The Labute approximate surface area is 404 Å². The monoisotopic (exact) mass is 887 g/mol. The molecular formula is C67H41N3. The molecule has 324 valence electrons. The third-order valence-electron chi connectivity index (χ3n) is 15.6. The average Bonchev–Trinajstić information content (AvgIpc) is 4.07. The number of rotatable bonds is 5. The Hall–Kier alpha value is -9.18. The second-order valence-corrected chi connectivity index (χ2v) is 19.2. The predicted molar refractivity (Wildman–Crippen MR) is 292 cm³/mol. The fourth-order valence-corrected chi connectivity index (χ4v) is 12.6. The molecule has 0 bridgehead atoms. The summed E-state index contributed by atoms with van der Waals surface area (Å²) in [4.78, 5) is 0. The highest BCUT2D eigenvalue weighted by Crippen LogP contribution is 2.57. The van der Waals surface area contributed by atoms with E-state index in [4.69, 9.17) is 0 Å². The number of nitrogens with zero attached hydrogens (tertiary/aromatic N) is 3. The second kappa shape index (κ2) is 14.2. The molecule has 0 radical (unpaired) electrons. The summed E-state index contributed by atoms with van der Waals surface area (Å²) >= 11 is 0. The molecule has 1 unspecified atom stereocenters. The van der Waals surface area contributed by atoms with E-state index >= 15 is 0 Å². The minimum Gasteiger partial charge on any atom is -0.309 e. The van der Waals surface area contributed by atoms with Crippen molar-refractivity contribution in [2.45, 2.75) is 5.92 Å². The Morgan fingerprint density at radius 1 is 0.243 bits per heavy atom. The summed E-state index contributed by atoms with van der Waals surface area (Å²) < 4.78 is 7.80. The first-order valence-electron chi connectivity index (χ1n) is 24.4. The number of hydrogen-bond acceptors (Lipinski definition) is 0. The maximum absolute atomic E-state index is 2.65. The van der Waals surface area contributed by atoms with E-state index in [0.29, 0.717) is 0 Å². The highest BCUT2D eigenvalue weighted by atomic mass is 15.1. The lowest BCUT2D eigenvalue weighted by atomic mass is 9.76. The summed E-state index contributed by atoms with van der Waals surface area (Å²) in [5, 5.41) is 7.56. The van der Waals surface area contributed by atoms with Gasteiger partial charge in [-0.1, -0.05) is 170 Å². The lowest BCUT2D eigenvalue weighted by Gasteiger charge is -2.37. The van der Waals surface area contributed by atoms with Gasteiger partial charge in [-0.2, -0.15) is 0 Å². The van der Waals surface area contributed by atoms with Gasteiger partial charge in [-0.05, 0) is 128 Å². The van der Waals surface area contributed by atoms with E-state index in [1.165, 1.54) is 144 Å². The molecule has 0 N–H and O–H groups in total. The van der Waals surface area contributed by atoms with Gasteiger partial charge in [0, 0.05) is 43.8 Å². The Morgan fingerprint density at radius 3 is 1.13 bits per heavy atom. The van der Waals surface area contributed by atoms with Crippen LogP contribution in [0.3, 0.4) is 0 Å². The molecular weight excluding hydrogens is 847 g/mol. The molecule has 1 atom stereocenters. The van der Waals surface area contributed by atoms with Gasteiger partial charge in [0.2, 0.25) is 0 Å². The maximum Gasteiger partial charge on any atom is 0.0765 e. The van der Waals surface area contributed by atoms with Crippen molar-refractivity contribution < 1.29 is 0 Å². The van der Waals surface area contributed by atoms with Crippen LogP contribution in [0.2, 0.25) is 0 Å². The van der Waals surface area contributed by atoms with Gasteiger partial charge in [0.1, 0.15) is 0 Å². The number of fused-ring (bicyclic) bond motifs is 13. The lowest BCUT2D eigenvalue weighted by Crippen LogP contribution is -2.23. The number of hydrogen-bond donors (Lipinski definition) is 0. The zero-order valence-corrected chi connectivity index (χ0v) is 38.0. The minimum absolute atomic E-state index is 0.0915. The van der Waals surface area contributed by atoms with Crippen LogP contribution in [0.15, 0.2) is 243 Å². The molecule has 0 amide bonds. The van der Waals surface area contributed by atoms with Crippen molar-refractivity contribution in [2.24, 2.45) is 0 Å². The van der Waals surface area contributed by atoms with E-state index in [2.05, 4.69) is 256 Å². The summed E-state index contributed by atoms with van der Waals surface area (Å²) in [5.74, 6) is -0.0915. The van der Waals surface area contributed by atoms with Crippen LogP contribution in [0.5, 0.6) is 0 Å². The molecule has 2 aliphatic rings. The molecule has 16 rings (SSSR count). The van der Waals surface area contributed by atoms with E-state index in [1.807, 2.05) is 0 Å². The smallest absolute Gasteiger partial charge is 0.0765 e. The normalized spacial score (nSPS) is 13.6. The molecule has 0 aliphatic carbocycles. The third-order valence-corrected chi connectivity index (χ3v) is 15.6. The lowest BCUT2D eigenvalue weighted by molar-refractivity contribution is 0.877. The highest BCUT2D eigenvalue weighted by molar-refractivity contribution is 6.18. The molecule has 5 heterocycles. The molecule has 70 heavy (non-hydrogen) atoms. The number of aromatic nitrogens is 3. The first kappa shape index (κ1) is 37.9. The van der Waals surface area contributed by atoms with Gasteiger partial charge in [-0.25, -0.2) is 0 Å². The molecule has 14 aromatic rings. The van der Waals surface area contributed by atoms with E-state index in [-0.39, 0.29) is 5.92 Å². The number of para-hydroxylation sites is 2. The van der Waals surface area contributed by atoms with E-state index in [0.717, 1.165) is 0 Å². The highest BCUT2D eigenvalue weighted by Gasteiger charge is 2.41. The summed E-state index contributed by atoms with van der Waals surface area (Å²) in [5.41, 5.74) is 24.7. The van der Waals surface area contributed by atoms with E-state index < -0.39 is 0 Å². The standard InChI is InChI=1S/C67H41N3/c1-5-17-41(18-6-1)45-29-31-59-51(35-45)53-37-47(43-21-9-3-10-22-43)39-55-63-56-40-48(44-23-11-4-12-24-44)38-54-52-36-46(42-19-7-2-8-20-42)30-32-60(52)70(66(54)56)67-62(34-33-61(64(63)67)69(59)65(53)55)68-57-27-15-13-25-49(57)50-26-14-16-28-58(50)68/h1-40,63H. The summed E-state index contributed by atoms with van der Waals surface area (Å²) in [6.45, 7) is 0. The van der Waals surface area contributed by atoms with Gasteiger partial charge in [0.05, 0.1) is 50.2 Å². The van der Waals surface area contributed by atoms with Crippen LogP contribution in [0.1, 0.15) is 22.6 Å². The molecule has 11 aromatic carbocycles. The van der Waals surface area contributed by atoms with Gasteiger partial charge >= 0.3 is 0 Å². The van der Waals surface area contributed by atoms with Gasteiger partial charge in [-0.15, -0.1) is 0 Å². The quantitative estimate of drug-likeness (QED) is 0.164. The molecule has 0 saturated carbocycles. The van der Waals surface area contributed by atoms with Gasteiger partial charge in [-0.3, -0.25) is 0 Å². The van der Waals surface area contributed by atoms with Gasteiger partial charge in [0.25, 0.3) is 0 Å². The second-order valence-electron chi connectivity index (χ2n) is 19.2. The van der Waals surface area contributed by atoms with Crippen LogP contribution in [0, 0.1) is 0 Å². The van der Waals surface area contributed by atoms with Gasteiger partial charge < -0.3 is 13.7 Å². The Kier molecular flexibility index (Phi) is 7.67. The molecule has 0 fully saturated rings. The Morgan fingerprint density at radius 2 is 0.629 bits per heavy atom. The van der Waals surface area contributed by atoms with Crippen molar-refractivity contribution in [1.29, 1.82) is 0 Å². The van der Waals surface area contributed by atoms with Crippen molar-refractivity contribution >= 4 is 65.4 Å². The van der Waals surface area contributed by atoms with Crippen LogP contribution in [-0.2, 0) is 0 Å². The number of benzene rings is 11. The fraction of sp³-hybridized carbons (Fsp3) is 0.0149. The van der Waals surface area contributed by atoms with Crippen molar-refractivity contribution in [3.8, 4) is 61.6 Å². The molecule has 3 aromatic heterocycles. The van der Waals surface area contributed by atoms with E-state index in [9.17, 15) is 0 Å². The molecule has 3 heteroatoms. The predicted octanol–water partition coefficient (Wildman–Crippen LogP) is 17.5. The fourth-order valence-electron chi connectivity index (χ4n) is 12.6. The van der Waals surface area contributed by atoms with Crippen LogP contribution < -0.4 is 0 Å². The molecule has 3 nitrogen and oxygen atoms in total. The third kappa shape index (κ3) is 5.13. The van der Waals surface area contributed by atoms with Crippen LogP contribution in [0.25, 0.3) is 127 Å². The Balaban J connectivity index is 1.12. The van der Waals surface area contributed by atoms with Crippen molar-refractivity contribution in [1.82, 2.24) is 13.7 Å². The maximum atomic E-state index is 2.65. The zero-order chi connectivity index (χ0) is 45.6. The summed E-state index contributed by atoms with van der Waals surface area (Å²) in [6.07, 6.45) is 0. The Bertz CT molecular complexity index is 4440. The average molecular weight is 888 g/mol.